The van der Waals surface area contributed by atoms with E-state index in [1.54, 1.807) is 32.9 Å². The third-order valence-electron chi connectivity index (χ3n) is 5.31. The highest BCUT2D eigenvalue weighted by molar-refractivity contribution is 5.79. The number of imidazole rings is 1. The van der Waals surface area contributed by atoms with Crippen LogP contribution in [0.1, 0.15) is 32.9 Å². The SMILES string of the molecule is CC(C)(C)OC(=O)N[C@@H]1CN(c2nc3cc(F)ccc3n2Cc2ccc(F)cn2)CC[C@H]1F. The van der Waals surface area contributed by atoms with Gasteiger partial charge in [0.1, 0.15) is 23.4 Å². The van der Waals surface area contributed by atoms with Crippen molar-refractivity contribution < 1.29 is 22.7 Å². The number of carbonyl (C=O) groups excluding carboxylic acids is 1. The van der Waals surface area contributed by atoms with Gasteiger partial charge in [-0.05, 0) is 51.5 Å². The first-order chi connectivity index (χ1) is 15.6. The molecule has 33 heavy (non-hydrogen) atoms. The van der Waals surface area contributed by atoms with Gasteiger partial charge in [0.25, 0.3) is 0 Å². The average molecular weight is 461 g/mol. The molecule has 0 bridgehead atoms. The maximum absolute atomic E-state index is 14.7. The molecule has 176 valence electrons. The fraction of sp³-hybridized carbons (Fsp3) is 0.435. The van der Waals surface area contributed by atoms with E-state index < -0.39 is 35.5 Å². The Kier molecular flexibility index (Phi) is 6.18. The van der Waals surface area contributed by atoms with Crippen molar-refractivity contribution in [1.82, 2.24) is 19.9 Å². The Hall–Kier alpha value is -3.30. The number of nitrogens with one attached hydrogen (secondary N) is 1. The average Bonchev–Trinajstić information content (AvgIpc) is 3.07. The van der Waals surface area contributed by atoms with Gasteiger partial charge >= 0.3 is 6.09 Å². The first-order valence-electron chi connectivity index (χ1n) is 10.7. The van der Waals surface area contributed by atoms with E-state index >= 15 is 0 Å². The van der Waals surface area contributed by atoms with E-state index in [4.69, 9.17) is 4.74 Å². The van der Waals surface area contributed by atoms with Gasteiger partial charge in [0, 0.05) is 19.2 Å². The van der Waals surface area contributed by atoms with Gasteiger partial charge in [-0.15, -0.1) is 0 Å². The van der Waals surface area contributed by atoms with Crippen molar-refractivity contribution in [3.05, 3.63) is 53.9 Å². The molecule has 1 amide bonds. The molecule has 1 aromatic carbocycles. The molecule has 0 unspecified atom stereocenters. The molecule has 0 radical (unpaired) electrons. The number of rotatable bonds is 4. The second-order valence-corrected chi connectivity index (χ2v) is 9.10. The second-order valence-electron chi connectivity index (χ2n) is 9.10. The molecule has 2 aromatic heterocycles. The number of amides is 1. The number of piperidine rings is 1. The minimum absolute atomic E-state index is 0.156. The lowest BCUT2D eigenvalue weighted by atomic mass is 10.0. The molecule has 10 heteroatoms. The van der Waals surface area contributed by atoms with Crippen LogP contribution in [0.5, 0.6) is 0 Å². The van der Waals surface area contributed by atoms with Crippen molar-refractivity contribution in [2.24, 2.45) is 0 Å². The minimum atomic E-state index is -1.25. The summed E-state index contributed by atoms with van der Waals surface area (Å²) >= 11 is 0. The summed E-state index contributed by atoms with van der Waals surface area (Å²) in [6.07, 6.45) is -0.637. The summed E-state index contributed by atoms with van der Waals surface area (Å²) in [7, 11) is 0. The maximum Gasteiger partial charge on any atom is 0.408 e. The van der Waals surface area contributed by atoms with E-state index in [1.807, 2.05) is 9.47 Å². The molecule has 1 aliphatic heterocycles. The molecular weight excluding hydrogens is 435 g/mol. The maximum atomic E-state index is 14.7. The number of benzene rings is 1. The number of carbonyl (C=O) groups is 1. The van der Waals surface area contributed by atoms with Crippen molar-refractivity contribution >= 4 is 23.1 Å². The van der Waals surface area contributed by atoms with Crippen molar-refractivity contribution in [3.63, 3.8) is 0 Å². The number of pyridine rings is 1. The van der Waals surface area contributed by atoms with Gasteiger partial charge in [-0.2, -0.15) is 0 Å². The van der Waals surface area contributed by atoms with Crippen LogP contribution in [0.4, 0.5) is 23.9 Å². The Bertz CT molecular complexity index is 1140. The summed E-state index contributed by atoms with van der Waals surface area (Å²) in [6.45, 7) is 5.98. The molecule has 3 heterocycles. The van der Waals surface area contributed by atoms with Crippen LogP contribution in [-0.2, 0) is 11.3 Å². The number of alkyl carbamates (subject to hydrolysis) is 1. The highest BCUT2D eigenvalue weighted by Crippen LogP contribution is 2.28. The quantitative estimate of drug-likeness (QED) is 0.631. The highest BCUT2D eigenvalue weighted by atomic mass is 19.1. The van der Waals surface area contributed by atoms with Crippen LogP contribution in [0, 0.1) is 11.6 Å². The van der Waals surface area contributed by atoms with Gasteiger partial charge in [-0.1, -0.05) is 0 Å². The highest BCUT2D eigenvalue weighted by Gasteiger charge is 2.34. The number of hydrogen-bond donors (Lipinski definition) is 1. The van der Waals surface area contributed by atoms with Gasteiger partial charge in [0.2, 0.25) is 5.95 Å². The Morgan fingerprint density at radius 2 is 1.97 bits per heavy atom. The summed E-state index contributed by atoms with van der Waals surface area (Å²) in [5.41, 5.74) is 0.984. The molecule has 0 aliphatic carbocycles. The number of ether oxygens (including phenoxy) is 1. The fourth-order valence-corrected chi connectivity index (χ4v) is 3.85. The molecular formula is C23H26F3N5O2. The van der Waals surface area contributed by atoms with Gasteiger partial charge in [-0.3, -0.25) is 4.98 Å². The van der Waals surface area contributed by atoms with E-state index in [0.29, 0.717) is 29.2 Å². The van der Waals surface area contributed by atoms with Gasteiger partial charge in [0.05, 0.1) is 35.5 Å². The summed E-state index contributed by atoms with van der Waals surface area (Å²) < 4.78 is 48.9. The number of aromatic nitrogens is 3. The lowest BCUT2D eigenvalue weighted by Crippen LogP contribution is -2.55. The summed E-state index contributed by atoms with van der Waals surface area (Å²) in [6, 6.07) is 6.35. The second kappa shape index (κ2) is 8.92. The largest absolute Gasteiger partial charge is 0.444 e. The molecule has 7 nitrogen and oxygen atoms in total. The number of alkyl halides is 1. The van der Waals surface area contributed by atoms with Gasteiger partial charge < -0.3 is 19.5 Å². The monoisotopic (exact) mass is 461 g/mol. The lowest BCUT2D eigenvalue weighted by molar-refractivity contribution is 0.0465. The summed E-state index contributed by atoms with van der Waals surface area (Å²) in [5.74, 6) is -0.382. The topological polar surface area (TPSA) is 72.3 Å². The zero-order chi connectivity index (χ0) is 23.8. The third kappa shape index (κ3) is 5.37. The normalized spacial score (nSPS) is 19.0. The Morgan fingerprint density at radius 1 is 1.21 bits per heavy atom. The number of anilines is 1. The van der Waals surface area contributed by atoms with Crippen LogP contribution >= 0.6 is 0 Å². The zero-order valence-corrected chi connectivity index (χ0v) is 18.7. The molecule has 3 aromatic rings. The Labute approximate surface area is 189 Å². The van der Waals surface area contributed by atoms with Crippen LogP contribution in [0.3, 0.4) is 0 Å². The number of fused-ring (bicyclic) bond motifs is 1. The Morgan fingerprint density at radius 3 is 2.67 bits per heavy atom. The van der Waals surface area contributed by atoms with Crippen molar-refractivity contribution in [1.29, 1.82) is 0 Å². The van der Waals surface area contributed by atoms with Crippen molar-refractivity contribution in [2.75, 3.05) is 18.0 Å². The smallest absolute Gasteiger partial charge is 0.408 e. The van der Waals surface area contributed by atoms with Crippen LogP contribution in [0.2, 0.25) is 0 Å². The van der Waals surface area contributed by atoms with Crippen LogP contribution in [0.25, 0.3) is 11.0 Å². The molecule has 0 spiro atoms. The fourth-order valence-electron chi connectivity index (χ4n) is 3.85. The van der Waals surface area contributed by atoms with E-state index in [-0.39, 0.29) is 19.5 Å². The lowest BCUT2D eigenvalue weighted by Gasteiger charge is -2.36. The molecule has 2 atom stereocenters. The number of halogens is 3. The predicted molar refractivity (Wildman–Crippen MR) is 118 cm³/mol. The standard InChI is InChI=1S/C23H26F3N5O2/c1-23(2,3)33-22(32)29-19-13-30(9-8-17(19)26)21-28-18-10-14(24)5-7-20(18)31(21)12-16-6-4-15(25)11-27-16/h4-7,10-11,17,19H,8-9,12-13H2,1-3H3,(H,29,32)/t17-,19-/m1/s1. The van der Waals surface area contributed by atoms with Crippen LogP contribution < -0.4 is 10.2 Å². The minimum Gasteiger partial charge on any atom is -0.444 e. The van der Waals surface area contributed by atoms with E-state index in [1.165, 1.54) is 18.2 Å². The number of nitrogens with zero attached hydrogens (tertiary/aromatic N) is 4. The summed E-state index contributed by atoms with van der Waals surface area (Å²) in [5, 5.41) is 2.61. The van der Waals surface area contributed by atoms with E-state index in [0.717, 1.165) is 6.20 Å². The molecule has 1 saturated heterocycles. The van der Waals surface area contributed by atoms with E-state index in [2.05, 4.69) is 15.3 Å². The van der Waals surface area contributed by atoms with Crippen LogP contribution in [0.15, 0.2) is 36.5 Å². The van der Waals surface area contributed by atoms with Gasteiger partial charge in [-0.25, -0.2) is 22.9 Å². The Balaban J connectivity index is 1.63. The number of hydrogen-bond acceptors (Lipinski definition) is 5. The molecule has 1 N–H and O–H groups in total. The van der Waals surface area contributed by atoms with Crippen LogP contribution in [-0.4, -0.2) is 51.5 Å². The van der Waals surface area contributed by atoms with E-state index in [9.17, 15) is 18.0 Å². The first kappa shape index (κ1) is 22.9. The predicted octanol–water partition coefficient (Wildman–Crippen LogP) is 4.20. The summed E-state index contributed by atoms with van der Waals surface area (Å²) in [4.78, 5) is 22.8. The molecule has 1 fully saturated rings. The molecule has 4 rings (SSSR count). The molecule has 1 aliphatic rings. The molecule has 0 saturated carbocycles. The zero-order valence-electron chi connectivity index (χ0n) is 18.7. The van der Waals surface area contributed by atoms with Gasteiger partial charge in [0.15, 0.2) is 0 Å². The third-order valence-corrected chi connectivity index (χ3v) is 5.31. The van der Waals surface area contributed by atoms with Crippen molar-refractivity contribution in [3.8, 4) is 0 Å². The van der Waals surface area contributed by atoms with Crippen molar-refractivity contribution in [2.45, 2.75) is 51.6 Å². The first-order valence-corrected chi connectivity index (χ1v) is 10.7.